The summed E-state index contributed by atoms with van der Waals surface area (Å²) in [6.45, 7) is 2.54. The van der Waals surface area contributed by atoms with Crippen LogP contribution in [-0.4, -0.2) is 28.3 Å². The number of amides is 1. The summed E-state index contributed by atoms with van der Waals surface area (Å²) in [6, 6.07) is 8.32. The number of nitrogens with one attached hydrogen (secondary N) is 1. The predicted molar refractivity (Wildman–Crippen MR) is 104 cm³/mol. The molecule has 2 aromatic rings. The maximum atomic E-state index is 11.6. The Kier molecular flexibility index (Phi) is 5.43. The molecule has 2 heterocycles. The van der Waals surface area contributed by atoms with E-state index < -0.39 is 0 Å². The van der Waals surface area contributed by atoms with Crippen molar-refractivity contribution in [1.29, 1.82) is 0 Å². The third kappa shape index (κ3) is 4.16. The molecule has 4 rings (SSSR count). The van der Waals surface area contributed by atoms with E-state index in [4.69, 9.17) is 10.5 Å². The number of carbonyl (C=O) groups is 1. The van der Waals surface area contributed by atoms with Crippen molar-refractivity contribution in [3.63, 3.8) is 0 Å². The third-order valence-corrected chi connectivity index (χ3v) is 5.76. The summed E-state index contributed by atoms with van der Waals surface area (Å²) in [5.41, 5.74) is 8.22. The lowest BCUT2D eigenvalue weighted by atomic mass is 9.94. The first-order valence-electron chi connectivity index (χ1n) is 10.0. The quantitative estimate of drug-likeness (QED) is 0.787. The van der Waals surface area contributed by atoms with Gasteiger partial charge < -0.3 is 15.8 Å². The normalized spacial score (nSPS) is 19.8. The van der Waals surface area contributed by atoms with Crippen molar-refractivity contribution in [1.82, 2.24) is 15.1 Å². The Labute approximate surface area is 160 Å². The van der Waals surface area contributed by atoms with Crippen LogP contribution in [0.15, 0.2) is 30.5 Å². The maximum absolute atomic E-state index is 11.6. The molecule has 2 aliphatic rings. The van der Waals surface area contributed by atoms with Gasteiger partial charge >= 0.3 is 0 Å². The van der Waals surface area contributed by atoms with Gasteiger partial charge in [-0.3, -0.25) is 9.48 Å². The highest BCUT2D eigenvalue weighted by molar-refractivity contribution is 5.93. The molecular formula is C21H28N4O2. The molecule has 3 N–H and O–H groups in total. The molecule has 0 bridgehead atoms. The van der Waals surface area contributed by atoms with Gasteiger partial charge in [0.2, 0.25) is 0 Å². The van der Waals surface area contributed by atoms with E-state index in [1.165, 1.54) is 31.2 Å². The third-order valence-electron chi connectivity index (χ3n) is 5.76. The summed E-state index contributed by atoms with van der Waals surface area (Å²) >= 11 is 0. The molecule has 6 heteroatoms. The largest absolute Gasteiger partial charge is 0.490 e. The van der Waals surface area contributed by atoms with E-state index in [1.807, 2.05) is 10.7 Å². The molecule has 0 unspecified atom stereocenters. The first-order chi connectivity index (χ1) is 13.2. The SMILES string of the molecule is NC(=O)c1cnn2c1C[C@@H](CNCc1ccccc1OC1CCCC1)CC2. The number of carbonyl (C=O) groups excluding carboxylic acids is 1. The summed E-state index contributed by atoms with van der Waals surface area (Å²) in [6.07, 6.45) is 8.75. The zero-order valence-electron chi connectivity index (χ0n) is 15.7. The Hall–Kier alpha value is -2.34. The van der Waals surface area contributed by atoms with Crippen molar-refractivity contribution in [2.75, 3.05) is 6.54 Å². The minimum Gasteiger partial charge on any atom is -0.490 e. The van der Waals surface area contributed by atoms with Crippen LogP contribution in [0.1, 0.15) is 53.7 Å². The number of para-hydroxylation sites is 1. The molecule has 1 amide bonds. The number of hydrogen-bond donors (Lipinski definition) is 2. The Morgan fingerprint density at radius 1 is 1.26 bits per heavy atom. The lowest BCUT2D eigenvalue weighted by Gasteiger charge is -2.24. The second kappa shape index (κ2) is 8.13. The van der Waals surface area contributed by atoms with E-state index in [0.717, 1.165) is 43.9 Å². The molecule has 1 aliphatic heterocycles. The van der Waals surface area contributed by atoms with Gasteiger partial charge in [-0.2, -0.15) is 5.10 Å². The van der Waals surface area contributed by atoms with E-state index in [-0.39, 0.29) is 5.91 Å². The van der Waals surface area contributed by atoms with Crippen LogP contribution in [0.2, 0.25) is 0 Å². The minimum absolute atomic E-state index is 0.372. The lowest BCUT2D eigenvalue weighted by molar-refractivity contribution is 0.0998. The number of nitrogens with two attached hydrogens (primary N) is 1. The number of aromatic nitrogens is 2. The highest BCUT2D eigenvalue weighted by atomic mass is 16.5. The Morgan fingerprint density at radius 3 is 2.89 bits per heavy atom. The highest BCUT2D eigenvalue weighted by Crippen LogP contribution is 2.27. The van der Waals surface area contributed by atoms with Gasteiger partial charge in [-0.25, -0.2) is 0 Å². The van der Waals surface area contributed by atoms with Gasteiger partial charge in [0.1, 0.15) is 5.75 Å². The molecule has 0 saturated heterocycles. The smallest absolute Gasteiger partial charge is 0.252 e. The number of primary amides is 1. The molecule has 6 nitrogen and oxygen atoms in total. The molecule has 1 aliphatic carbocycles. The fourth-order valence-electron chi connectivity index (χ4n) is 4.24. The van der Waals surface area contributed by atoms with E-state index >= 15 is 0 Å². The topological polar surface area (TPSA) is 82.2 Å². The fraction of sp³-hybridized carbons (Fsp3) is 0.524. The van der Waals surface area contributed by atoms with E-state index in [2.05, 4.69) is 28.6 Å². The summed E-state index contributed by atoms with van der Waals surface area (Å²) < 4.78 is 8.14. The average Bonchev–Trinajstić information content (AvgIpc) is 3.32. The van der Waals surface area contributed by atoms with Crippen molar-refractivity contribution >= 4 is 5.91 Å². The van der Waals surface area contributed by atoms with Crippen molar-refractivity contribution in [2.45, 2.75) is 57.7 Å². The standard InChI is InChI=1S/C21H28N4O2/c22-21(26)18-14-24-25-10-9-15(11-19(18)25)12-23-13-16-5-1-4-8-20(16)27-17-6-2-3-7-17/h1,4-5,8,14-15,17,23H,2-3,6-7,9-13H2,(H2,22,26)/t15-/m0/s1. The predicted octanol–water partition coefficient (Wildman–Crippen LogP) is 2.66. The molecule has 1 fully saturated rings. The Balaban J connectivity index is 1.32. The molecule has 1 atom stereocenters. The summed E-state index contributed by atoms with van der Waals surface area (Å²) in [4.78, 5) is 11.6. The fourth-order valence-corrected chi connectivity index (χ4v) is 4.24. The molecule has 1 aromatic heterocycles. The lowest BCUT2D eigenvalue weighted by Crippen LogP contribution is -2.30. The van der Waals surface area contributed by atoms with Crippen LogP contribution in [-0.2, 0) is 19.5 Å². The van der Waals surface area contributed by atoms with E-state index in [9.17, 15) is 4.79 Å². The van der Waals surface area contributed by atoms with Gasteiger partial charge in [-0.1, -0.05) is 18.2 Å². The second-order valence-electron chi connectivity index (χ2n) is 7.71. The number of fused-ring (bicyclic) bond motifs is 1. The van der Waals surface area contributed by atoms with Gasteiger partial charge in [0.15, 0.2) is 0 Å². The maximum Gasteiger partial charge on any atom is 0.252 e. The molecule has 1 saturated carbocycles. The number of aryl methyl sites for hydroxylation is 1. The monoisotopic (exact) mass is 368 g/mol. The highest BCUT2D eigenvalue weighted by Gasteiger charge is 2.24. The molecule has 1 aromatic carbocycles. The van der Waals surface area contributed by atoms with Crippen LogP contribution in [0.4, 0.5) is 0 Å². The molecule has 144 valence electrons. The van der Waals surface area contributed by atoms with E-state index in [1.54, 1.807) is 6.20 Å². The van der Waals surface area contributed by atoms with Gasteiger partial charge in [-0.05, 0) is 57.1 Å². The van der Waals surface area contributed by atoms with Gasteiger partial charge in [0, 0.05) is 18.7 Å². The van der Waals surface area contributed by atoms with Crippen molar-refractivity contribution in [3.8, 4) is 5.75 Å². The van der Waals surface area contributed by atoms with Gasteiger partial charge in [-0.15, -0.1) is 0 Å². The number of hydrogen-bond acceptors (Lipinski definition) is 4. The zero-order chi connectivity index (χ0) is 18.6. The average molecular weight is 368 g/mol. The van der Waals surface area contributed by atoms with Crippen LogP contribution in [0.5, 0.6) is 5.75 Å². The Morgan fingerprint density at radius 2 is 2.07 bits per heavy atom. The number of benzene rings is 1. The first-order valence-corrected chi connectivity index (χ1v) is 10.0. The number of rotatable bonds is 7. The van der Waals surface area contributed by atoms with Crippen molar-refractivity contribution in [3.05, 3.63) is 47.3 Å². The molecule has 0 spiro atoms. The number of ether oxygens (including phenoxy) is 1. The molecule has 0 radical (unpaired) electrons. The van der Waals surface area contributed by atoms with Crippen LogP contribution >= 0.6 is 0 Å². The van der Waals surface area contributed by atoms with Crippen LogP contribution in [0.25, 0.3) is 0 Å². The summed E-state index contributed by atoms with van der Waals surface area (Å²) in [5, 5.41) is 7.86. The van der Waals surface area contributed by atoms with Gasteiger partial charge in [0.25, 0.3) is 5.91 Å². The first kappa shape index (κ1) is 18.0. The zero-order valence-corrected chi connectivity index (χ0v) is 15.7. The second-order valence-corrected chi connectivity index (χ2v) is 7.71. The van der Waals surface area contributed by atoms with E-state index in [0.29, 0.717) is 17.6 Å². The van der Waals surface area contributed by atoms with Crippen LogP contribution in [0.3, 0.4) is 0 Å². The van der Waals surface area contributed by atoms with Crippen LogP contribution < -0.4 is 15.8 Å². The molecular weight excluding hydrogens is 340 g/mol. The number of nitrogens with zero attached hydrogens (tertiary/aromatic N) is 2. The van der Waals surface area contributed by atoms with Crippen LogP contribution in [0, 0.1) is 5.92 Å². The summed E-state index contributed by atoms with van der Waals surface area (Å²) in [7, 11) is 0. The van der Waals surface area contributed by atoms with Crippen molar-refractivity contribution in [2.24, 2.45) is 11.7 Å². The van der Waals surface area contributed by atoms with Gasteiger partial charge in [0.05, 0.1) is 23.6 Å². The minimum atomic E-state index is -0.386. The van der Waals surface area contributed by atoms with Crippen molar-refractivity contribution < 1.29 is 9.53 Å². The Bertz CT molecular complexity index is 795. The molecule has 27 heavy (non-hydrogen) atoms. The summed E-state index contributed by atoms with van der Waals surface area (Å²) in [5.74, 6) is 1.10.